The van der Waals surface area contributed by atoms with Gasteiger partial charge in [0.1, 0.15) is 0 Å². The van der Waals surface area contributed by atoms with Crippen molar-refractivity contribution in [3.8, 4) is 90.1 Å². The van der Waals surface area contributed by atoms with Crippen molar-refractivity contribution < 1.29 is 0 Å². The molecular formula is C54H36N4. The maximum atomic E-state index is 5.12. The Morgan fingerprint density at radius 2 is 0.483 bits per heavy atom. The predicted octanol–water partition coefficient (Wildman–Crippen LogP) is 13.8. The van der Waals surface area contributed by atoms with Crippen LogP contribution in [0.3, 0.4) is 0 Å². The summed E-state index contributed by atoms with van der Waals surface area (Å²) in [6.07, 6.45) is 0. The number of fused-ring (bicyclic) bond motifs is 1. The van der Waals surface area contributed by atoms with Crippen LogP contribution in [0.4, 0.5) is 0 Å². The van der Waals surface area contributed by atoms with Crippen LogP contribution in [0.2, 0.25) is 0 Å². The summed E-state index contributed by atoms with van der Waals surface area (Å²) in [7, 11) is 0. The van der Waals surface area contributed by atoms with Crippen LogP contribution >= 0.6 is 0 Å². The minimum atomic E-state index is 0.646. The Kier molecular flexibility index (Phi) is 9.18. The molecule has 8 aromatic carbocycles. The Labute approximate surface area is 337 Å². The monoisotopic (exact) mass is 740 g/mol. The van der Waals surface area contributed by atoms with Gasteiger partial charge in [-0.3, -0.25) is 0 Å². The average Bonchev–Trinajstić information content (AvgIpc) is 3.32. The zero-order chi connectivity index (χ0) is 38.7. The van der Waals surface area contributed by atoms with E-state index in [1.54, 1.807) is 0 Å². The third-order valence-electron chi connectivity index (χ3n) is 10.5. The minimum absolute atomic E-state index is 0.646. The first kappa shape index (κ1) is 34.7. The second-order valence-corrected chi connectivity index (χ2v) is 14.3. The fourth-order valence-corrected chi connectivity index (χ4v) is 7.42. The Hall–Kier alpha value is -7.82. The van der Waals surface area contributed by atoms with Gasteiger partial charge in [-0.25, -0.2) is 19.9 Å². The van der Waals surface area contributed by atoms with Gasteiger partial charge in [-0.05, 0) is 68.4 Å². The van der Waals surface area contributed by atoms with E-state index >= 15 is 0 Å². The Morgan fingerprint density at radius 3 is 0.914 bits per heavy atom. The summed E-state index contributed by atoms with van der Waals surface area (Å²) >= 11 is 0. The summed E-state index contributed by atoms with van der Waals surface area (Å²) in [5.74, 6) is 1.95. The van der Waals surface area contributed by atoms with Crippen molar-refractivity contribution in [2.75, 3.05) is 0 Å². The summed E-state index contributed by atoms with van der Waals surface area (Å²) in [5.41, 5.74) is 13.9. The zero-order valence-electron chi connectivity index (χ0n) is 31.6. The van der Waals surface area contributed by atoms with Crippen molar-refractivity contribution >= 4 is 10.8 Å². The fraction of sp³-hybridized carbons (Fsp3) is 0. The molecule has 2 aromatic heterocycles. The maximum Gasteiger partial charge on any atom is 0.164 e. The van der Waals surface area contributed by atoms with Crippen molar-refractivity contribution in [1.82, 2.24) is 19.9 Å². The van der Waals surface area contributed by atoms with E-state index < -0.39 is 0 Å². The first-order chi connectivity index (χ1) is 28.7. The molecule has 0 bridgehead atoms. The van der Waals surface area contributed by atoms with E-state index in [4.69, 9.17) is 19.9 Å². The van der Waals surface area contributed by atoms with E-state index in [9.17, 15) is 0 Å². The molecule has 0 saturated carbocycles. The van der Waals surface area contributed by atoms with Crippen LogP contribution in [0.15, 0.2) is 218 Å². The molecule has 0 N–H and O–H groups in total. The predicted molar refractivity (Wildman–Crippen MR) is 239 cm³/mol. The number of aromatic nitrogens is 4. The van der Waals surface area contributed by atoms with E-state index in [-0.39, 0.29) is 0 Å². The minimum Gasteiger partial charge on any atom is -0.248 e. The lowest BCUT2D eigenvalue weighted by Gasteiger charge is -2.11. The van der Waals surface area contributed by atoms with Crippen LogP contribution in [-0.2, 0) is 0 Å². The Balaban J connectivity index is 0.914. The first-order valence-electron chi connectivity index (χ1n) is 19.5. The number of nitrogens with zero attached hydrogens (tertiary/aromatic N) is 4. The highest BCUT2D eigenvalue weighted by molar-refractivity contribution is 5.91. The average molecular weight is 741 g/mol. The normalized spacial score (nSPS) is 11.1. The summed E-state index contributed by atoms with van der Waals surface area (Å²) < 4.78 is 0. The van der Waals surface area contributed by atoms with Gasteiger partial charge in [-0.1, -0.05) is 194 Å². The van der Waals surface area contributed by atoms with Gasteiger partial charge in [0.2, 0.25) is 0 Å². The molecular weight excluding hydrogens is 705 g/mol. The number of hydrogen-bond acceptors (Lipinski definition) is 4. The van der Waals surface area contributed by atoms with E-state index in [0.717, 1.165) is 61.5 Å². The van der Waals surface area contributed by atoms with E-state index in [1.165, 1.54) is 21.9 Å². The molecule has 0 atom stereocenters. The van der Waals surface area contributed by atoms with Crippen LogP contribution in [-0.4, -0.2) is 19.9 Å². The van der Waals surface area contributed by atoms with Gasteiger partial charge in [-0.15, -0.1) is 0 Å². The molecule has 0 fully saturated rings. The van der Waals surface area contributed by atoms with Gasteiger partial charge in [-0.2, -0.15) is 0 Å². The van der Waals surface area contributed by atoms with Crippen LogP contribution in [0, 0.1) is 0 Å². The third kappa shape index (κ3) is 7.18. The molecule has 10 aromatic rings. The SMILES string of the molecule is c1ccc(-c2cc(-c3ccccc3)nc(-c3ccc(-c4ccc5cc(-c6ccc(-c7nc(-c8ccccc8)nc(-c8ccccc8)n7)cc6)ccc5c4)cc3)c2)cc1. The molecule has 0 aliphatic rings. The van der Waals surface area contributed by atoms with E-state index in [0.29, 0.717) is 17.5 Å². The number of benzene rings is 8. The van der Waals surface area contributed by atoms with Crippen LogP contribution < -0.4 is 0 Å². The topological polar surface area (TPSA) is 51.6 Å². The zero-order valence-corrected chi connectivity index (χ0v) is 31.6. The molecule has 0 unspecified atom stereocenters. The third-order valence-corrected chi connectivity index (χ3v) is 10.5. The van der Waals surface area contributed by atoms with Crippen LogP contribution in [0.1, 0.15) is 0 Å². The highest BCUT2D eigenvalue weighted by Gasteiger charge is 2.13. The number of hydrogen-bond donors (Lipinski definition) is 0. The first-order valence-corrected chi connectivity index (χ1v) is 19.5. The summed E-state index contributed by atoms with van der Waals surface area (Å²) in [6.45, 7) is 0. The van der Waals surface area contributed by atoms with Crippen molar-refractivity contribution in [3.63, 3.8) is 0 Å². The van der Waals surface area contributed by atoms with Gasteiger partial charge in [0.15, 0.2) is 17.5 Å². The largest absolute Gasteiger partial charge is 0.248 e. The lowest BCUT2D eigenvalue weighted by molar-refractivity contribution is 1.07. The summed E-state index contributed by atoms with van der Waals surface area (Å²) in [5, 5.41) is 2.38. The van der Waals surface area contributed by atoms with Crippen LogP contribution in [0.25, 0.3) is 101 Å². The van der Waals surface area contributed by atoms with Gasteiger partial charge >= 0.3 is 0 Å². The van der Waals surface area contributed by atoms with Crippen molar-refractivity contribution in [2.45, 2.75) is 0 Å². The summed E-state index contributed by atoms with van der Waals surface area (Å²) in [6, 6.07) is 76.0. The molecule has 2 heterocycles. The number of rotatable bonds is 8. The van der Waals surface area contributed by atoms with Gasteiger partial charge < -0.3 is 0 Å². The Morgan fingerprint density at radius 1 is 0.190 bits per heavy atom. The van der Waals surface area contributed by atoms with Gasteiger partial charge in [0.25, 0.3) is 0 Å². The fourth-order valence-electron chi connectivity index (χ4n) is 7.42. The molecule has 10 rings (SSSR count). The van der Waals surface area contributed by atoms with E-state index in [2.05, 4.69) is 152 Å². The molecule has 0 aliphatic carbocycles. The van der Waals surface area contributed by atoms with E-state index in [1.807, 2.05) is 66.7 Å². The van der Waals surface area contributed by atoms with Crippen molar-refractivity contribution in [1.29, 1.82) is 0 Å². The molecule has 0 spiro atoms. The molecule has 58 heavy (non-hydrogen) atoms. The molecule has 0 saturated heterocycles. The lowest BCUT2D eigenvalue weighted by atomic mass is 9.96. The maximum absolute atomic E-state index is 5.12. The second-order valence-electron chi connectivity index (χ2n) is 14.3. The van der Waals surface area contributed by atoms with Gasteiger partial charge in [0, 0.05) is 27.8 Å². The molecule has 0 amide bonds. The standard InChI is InChI=1S/C54H36N4/c1-5-13-37(14-6-1)49-35-50(40-15-7-2-8-16-40)55-51(36-49)41-25-21-38(22-26-41)45-29-31-48-34-46(30-32-47(48)33-45)39-23-27-44(28-24-39)54-57-52(42-17-9-3-10-18-42)56-53(58-54)43-19-11-4-12-20-43/h1-36H. The molecule has 272 valence electrons. The summed E-state index contributed by atoms with van der Waals surface area (Å²) in [4.78, 5) is 19.8. The lowest BCUT2D eigenvalue weighted by Crippen LogP contribution is -2.00. The second kappa shape index (κ2) is 15.4. The van der Waals surface area contributed by atoms with Crippen molar-refractivity contribution in [2.24, 2.45) is 0 Å². The van der Waals surface area contributed by atoms with Gasteiger partial charge in [0.05, 0.1) is 11.4 Å². The van der Waals surface area contributed by atoms with Crippen molar-refractivity contribution in [3.05, 3.63) is 218 Å². The molecule has 4 nitrogen and oxygen atoms in total. The molecule has 4 heteroatoms. The van der Waals surface area contributed by atoms with Crippen LogP contribution in [0.5, 0.6) is 0 Å². The molecule has 0 aliphatic heterocycles. The smallest absolute Gasteiger partial charge is 0.164 e. The Bertz CT molecular complexity index is 2680. The number of pyridine rings is 1. The molecule has 0 radical (unpaired) electrons. The quantitative estimate of drug-likeness (QED) is 0.156. The highest BCUT2D eigenvalue weighted by Crippen LogP contribution is 2.34. The highest BCUT2D eigenvalue weighted by atomic mass is 15.0.